The van der Waals surface area contributed by atoms with Crippen molar-refractivity contribution in [3.63, 3.8) is 0 Å². The van der Waals surface area contributed by atoms with E-state index in [2.05, 4.69) is 34.6 Å². The number of ether oxygens (including phenoxy) is 3. The molecule has 0 heterocycles. The Morgan fingerprint density at radius 2 is 1.30 bits per heavy atom. The monoisotopic (exact) mass is 330 g/mol. The first-order valence-electron chi connectivity index (χ1n) is 8.56. The second kappa shape index (κ2) is 7.87. The van der Waals surface area contributed by atoms with E-state index < -0.39 is 11.8 Å². The van der Waals surface area contributed by atoms with Crippen molar-refractivity contribution in [2.75, 3.05) is 13.2 Å². The summed E-state index contributed by atoms with van der Waals surface area (Å²) in [6.45, 7) is 21.5. The highest BCUT2D eigenvalue weighted by Gasteiger charge is 2.41. The van der Waals surface area contributed by atoms with Crippen LogP contribution in [0.5, 0.6) is 0 Å². The van der Waals surface area contributed by atoms with Crippen molar-refractivity contribution in [3.05, 3.63) is 0 Å². The van der Waals surface area contributed by atoms with Gasteiger partial charge in [-0.15, -0.1) is 0 Å². The minimum Gasteiger partial charge on any atom is -0.434 e. The van der Waals surface area contributed by atoms with Gasteiger partial charge in [-0.2, -0.15) is 0 Å². The SMILES string of the molecule is CC(C)(C)CCOC(=O)OC(C)(C)C(C)(C)CCOC(C)(C)C. The number of hydrogen-bond acceptors (Lipinski definition) is 4. The molecule has 0 fully saturated rings. The van der Waals surface area contributed by atoms with E-state index in [1.165, 1.54) is 0 Å². The fourth-order valence-corrected chi connectivity index (χ4v) is 1.73. The molecule has 0 bridgehead atoms. The number of rotatable bonds is 7. The Morgan fingerprint density at radius 1 is 0.783 bits per heavy atom. The third-order valence-electron chi connectivity index (χ3n) is 4.30. The van der Waals surface area contributed by atoms with Crippen molar-refractivity contribution in [1.82, 2.24) is 0 Å². The van der Waals surface area contributed by atoms with Crippen LogP contribution in [-0.4, -0.2) is 30.6 Å². The predicted molar refractivity (Wildman–Crippen MR) is 94.7 cm³/mol. The van der Waals surface area contributed by atoms with Crippen LogP contribution in [0.3, 0.4) is 0 Å². The minimum atomic E-state index is -0.632. The van der Waals surface area contributed by atoms with Crippen molar-refractivity contribution in [1.29, 1.82) is 0 Å². The van der Waals surface area contributed by atoms with E-state index in [0.717, 1.165) is 12.8 Å². The third kappa shape index (κ3) is 9.85. The molecule has 0 rings (SSSR count). The zero-order chi connectivity index (χ0) is 18.5. The molecule has 138 valence electrons. The average molecular weight is 331 g/mol. The van der Waals surface area contributed by atoms with Gasteiger partial charge in [0.05, 0.1) is 12.2 Å². The minimum absolute atomic E-state index is 0.138. The molecule has 0 aliphatic heterocycles. The molecule has 4 nitrogen and oxygen atoms in total. The van der Waals surface area contributed by atoms with E-state index in [9.17, 15) is 4.79 Å². The van der Waals surface area contributed by atoms with Gasteiger partial charge in [-0.3, -0.25) is 0 Å². The average Bonchev–Trinajstić information content (AvgIpc) is 2.23. The molecule has 0 unspecified atom stereocenters. The predicted octanol–water partition coefficient (Wildman–Crippen LogP) is 5.59. The van der Waals surface area contributed by atoms with Crippen LogP contribution in [0.15, 0.2) is 0 Å². The smallest absolute Gasteiger partial charge is 0.434 e. The van der Waals surface area contributed by atoms with Gasteiger partial charge in [0, 0.05) is 12.0 Å². The van der Waals surface area contributed by atoms with Gasteiger partial charge >= 0.3 is 6.16 Å². The molecule has 23 heavy (non-hydrogen) atoms. The van der Waals surface area contributed by atoms with E-state index in [1.54, 1.807) is 0 Å². The number of carbonyl (C=O) groups excluding carboxylic acids is 1. The standard InChI is InChI=1S/C19H38O4/c1-16(2,3)11-13-21-15(20)23-19(9,10)18(7,8)12-14-22-17(4,5)6/h11-14H2,1-10H3. The van der Waals surface area contributed by atoms with Crippen molar-refractivity contribution in [2.45, 2.75) is 93.3 Å². The van der Waals surface area contributed by atoms with E-state index >= 15 is 0 Å². The summed E-state index contributed by atoms with van der Waals surface area (Å²) in [5.74, 6) is 0. The van der Waals surface area contributed by atoms with Crippen molar-refractivity contribution < 1.29 is 19.0 Å². The maximum Gasteiger partial charge on any atom is 0.508 e. The normalized spacial score (nSPS) is 13.8. The Bertz CT molecular complexity index is 370. The topological polar surface area (TPSA) is 44.8 Å². The lowest BCUT2D eigenvalue weighted by Crippen LogP contribution is -2.44. The highest BCUT2D eigenvalue weighted by molar-refractivity contribution is 5.60. The summed E-state index contributed by atoms with van der Waals surface area (Å²) in [5, 5.41) is 0. The molecule has 4 heteroatoms. The number of carbonyl (C=O) groups is 1. The maximum absolute atomic E-state index is 11.9. The molecule has 0 aromatic carbocycles. The van der Waals surface area contributed by atoms with Crippen LogP contribution in [-0.2, 0) is 14.2 Å². The summed E-state index contributed by atoms with van der Waals surface area (Å²) in [7, 11) is 0. The lowest BCUT2D eigenvalue weighted by Gasteiger charge is -2.40. The fraction of sp³-hybridized carbons (Fsp3) is 0.947. The summed E-state index contributed by atoms with van der Waals surface area (Å²) >= 11 is 0. The molecule has 0 saturated heterocycles. The van der Waals surface area contributed by atoms with Crippen LogP contribution in [0.4, 0.5) is 4.79 Å². The van der Waals surface area contributed by atoms with Crippen LogP contribution in [0.25, 0.3) is 0 Å². The van der Waals surface area contributed by atoms with Crippen molar-refractivity contribution in [2.24, 2.45) is 10.8 Å². The first-order chi connectivity index (χ1) is 10.1. The van der Waals surface area contributed by atoms with E-state index in [4.69, 9.17) is 14.2 Å². The Hall–Kier alpha value is -0.770. The molecule has 0 N–H and O–H groups in total. The molecular formula is C19H38O4. The highest BCUT2D eigenvalue weighted by atomic mass is 16.7. The number of hydrogen-bond donors (Lipinski definition) is 0. The lowest BCUT2D eigenvalue weighted by molar-refractivity contribution is -0.0978. The van der Waals surface area contributed by atoms with Gasteiger partial charge in [0.15, 0.2) is 0 Å². The van der Waals surface area contributed by atoms with E-state index in [0.29, 0.717) is 13.2 Å². The molecule has 0 aliphatic rings. The van der Waals surface area contributed by atoms with Gasteiger partial charge in [-0.25, -0.2) is 4.79 Å². The molecule has 0 aromatic rings. The van der Waals surface area contributed by atoms with Crippen molar-refractivity contribution in [3.8, 4) is 0 Å². The summed E-state index contributed by atoms with van der Waals surface area (Å²) in [6, 6.07) is 0. The Balaban J connectivity index is 4.44. The Morgan fingerprint density at radius 3 is 1.74 bits per heavy atom. The van der Waals surface area contributed by atoms with Gasteiger partial charge in [-0.05, 0) is 52.9 Å². The van der Waals surface area contributed by atoms with Gasteiger partial charge in [0.25, 0.3) is 0 Å². The van der Waals surface area contributed by atoms with Gasteiger partial charge in [-0.1, -0.05) is 34.6 Å². The van der Waals surface area contributed by atoms with Gasteiger partial charge < -0.3 is 14.2 Å². The largest absolute Gasteiger partial charge is 0.508 e. The summed E-state index contributed by atoms with van der Waals surface area (Å²) < 4.78 is 16.6. The van der Waals surface area contributed by atoms with Crippen LogP contribution < -0.4 is 0 Å². The second-order valence-electron chi connectivity index (χ2n) is 9.62. The molecule has 0 spiro atoms. The highest BCUT2D eigenvalue weighted by Crippen LogP contribution is 2.37. The fourth-order valence-electron chi connectivity index (χ4n) is 1.73. The van der Waals surface area contributed by atoms with Crippen molar-refractivity contribution >= 4 is 6.16 Å². The molecule has 0 aliphatic carbocycles. The van der Waals surface area contributed by atoms with E-state index in [-0.39, 0.29) is 16.4 Å². The summed E-state index contributed by atoms with van der Waals surface area (Å²) in [5.41, 5.74) is -0.874. The summed E-state index contributed by atoms with van der Waals surface area (Å²) in [6.07, 6.45) is 1.02. The quantitative estimate of drug-likeness (QED) is 0.571. The lowest BCUT2D eigenvalue weighted by atomic mass is 9.74. The third-order valence-corrected chi connectivity index (χ3v) is 4.30. The molecule has 0 aromatic heterocycles. The van der Waals surface area contributed by atoms with Gasteiger partial charge in [0.1, 0.15) is 5.60 Å². The maximum atomic E-state index is 11.9. The summed E-state index contributed by atoms with van der Waals surface area (Å²) in [4.78, 5) is 11.9. The molecule has 0 atom stereocenters. The van der Waals surface area contributed by atoms with Crippen LogP contribution in [0.1, 0.15) is 82.1 Å². The zero-order valence-electron chi connectivity index (χ0n) is 17.0. The van der Waals surface area contributed by atoms with Gasteiger partial charge in [0.2, 0.25) is 0 Å². The Labute approximate surface area is 143 Å². The first-order valence-corrected chi connectivity index (χ1v) is 8.56. The molecule has 0 amide bonds. The van der Waals surface area contributed by atoms with Crippen LogP contribution in [0, 0.1) is 10.8 Å². The molecule has 0 radical (unpaired) electrons. The van der Waals surface area contributed by atoms with Crippen LogP contribution >= 0.6 is 0 Å². The van der Waals surface area contributed by atoms with Crippen LogP contribution in [0.2, 0.25) is 0 Å². The first kappa shape index (κ1) is 22.2. The van der Waals surface area contributed by atoms with E-state index in [1.807, 2.05) is 34.6 Å². The molecular weight excluding hydrogens is 292 g/mol. The second-order valence-corrected chi connectivity index (χ2v) is 9.62. The molecule has 0 saturated carbocycles. The Kier molecular flexibility index (Phi) is 7.60. The zero-order valence-corrected chi connectivity index (χ0v) is 17.0.